The maximum Gasteiger partial charge on any atom is 0.411 e. The average Bonchev–Trinajstić information content (AvgIpc) is 3.01. The van der Waals surface area contributed by atoms with Crippen molar-refractivity contribution in [1.29, 1.82) is 0 Å². The quantitative estimate of drug-likeness (QED) is 0.181. The number of carbonyl (C=O) groups excluding carboxylic acids is 2. The molecule has 0 aromatic heterocycles. The van der Waals surface area contributed by atoms with Crippen molar-refractivity contribution in [3.63, 3.8) is 0 Å². The first kappa shape index (κ1) is 32.1. The van der Waals surface area contributed by atoms with Gasteiger partial charge < -0.3 is 19.6 Å². The summed E-state index contributed by atoms with van der Waals surface area (Å²) in [5.74, 6) is 0.292. The number of hydrogen-bond acceptors (Lipinski definition) is 5. The second-order valence-electron chi connectivity index (χ2n) is 11.6. The van der Waals surface area contributed by atoms with Gasteiger partial charge in [-0.05, 0) is 61.6 Å². The van der Waals surface area contributed by atoms with Crippen molar-refractivity contribution >= 4 is 17.7 Å². The lowest BCUT2D eigenvalue weighted by Gasteiger charge is -2.31. The summed E-state index contributed by atoms with van der Waals surface area (Å²) in [6.07, 6.45) is 9.95. The predicted octanol–water partition coefficient (Wildman–Crippen LogP) is 7.50. The Morgan fingerprint density at radius 3 is 2.28 bits per heavy atom. The number of anilines is 1. The van der Waals surface area contributed by atoms with Gasteiger partial charge in [-0.3, -0.25) is 10.1 Å². The average molecular weight is 586 g/mol. The van der Waals surface area contributed by atoms with Crippen LogP contribution in [0.2, 0.25) is 0 Å². The smallest absolute Gasteiger partial charge is 0.411 e. The fraction of sp³-hybridized carbons (Fsp3) is 0.444. The van der Waals surface area contributed by atoms with E-state index in [9.17, 15) is 14.7 Å². The van der Waals surface area contributed by atoms with Crippen molar-refractivity contribution < 1.29 is 19.4 Å². The summed E-state index contributed by atoms with van der Waals surface area (Å²) in [5.41, 5.74) is 3.65. The van der Waals surface area contributed by atoms with Crippen LogP contribution in [0.5, 0.6) is 5.75 Å². The lowest BCUT2D eigenvalue weighted by Crippen LogP contribution is -2.38. The predicted molar refractivity (Wildman–Crippen MR) is 173 cm³/mol. The number of piperidine rings is 1. The molecule has 230 valence electrons. The van der Waals surface area contributed by atoms with Gasteiger partial charge in [0.15, 0.2) is 0 Å². The van der Waals surface area contributed by atoms with Gasteiger partial charge in [-0.15, -0.1) is 0 Å². The van der Waals surface area contributed by atoms with Gasteiger partial charge in [0.25, 0.3) is 0 Å². The van der Waals surface area contributed by atoms with Crippen LogP contribution in [0.1, 0.15) is 63.4 Å². The molecule has 1 aliphatic heterocycles. The van der Waals surface area contributed by atoms with Crippen molar-refractivity contribution in [3.8, 4) is 16.9 Å². The fourth-order valence-corrected chi connectivity index (χ4v) is 5.67. The summed E-state index contributed by atoms with van der Waals surface area (Å²) in [6.45, 7) is 3.82. The van der Waals surface area contributed by atoms with Gasteiger partial charge in [-0.25, -0.2) is 4.79 Å². The zero-order valence-corrected chi connectivity index (χ0v) is 25.5. The van der Waals surface area contributed by atoms with Gasteiger partial charge in [0.1, 0.15) is 11.9 Å². The minimum atomic E-state index is -0.381. The third-order valence-electron chi connectivity index (χ3n) is 8.22. The van der Waals surface area contributed by atoms with Crippen LogP contribution in [-0.2, 0) is 16.0 Å². The topological polar surface area (TPSA) is 82.1 Å². The van der Waals surface area contributed by atoms with Crippen LogP contribution in [0.4, 0.5) is 10.5 Å². The molecule has 1 saturated heterocycles. The van der Waals surface area contributed by atoms with E-state index in [0.717, 1.165) is 74.2 Å². The molecule has 0 aliphatic carbocycles. The van der Waals surface area contributed by atoms with Gasteiger partial charge in [0, 0.05) is 32.2 Å². The number of amides is 2. The first-order chi connectivity index (χ1) is 21.0. The number of unbranched alkanes of at least 4 members (excludes halogenated alkanes) is 6. The van der Waals surface area contributed by atoms with Crippen molar-refractivity contribution in [2.45, 2.75) is 70.3 Å². The first-order valence-corrected chi connectivity index (χ1v) is 15.8. The third kappa shape index (κ3) is 11.1. The number of aromatic hydroxyl groups is 1. The summed E-state index contributed by atoms with van der Waals surface area (Å²) in [4.78, 5) is 29.3. The normalized spacial score (nSPS) is 13.9. The number of nitrogens with zero attached hydrogens (tertiary/aromatic N) is 2. The van der Waals surface area contributed by atoms with Crippen LogP contribution in [0.15, 0.2) is 78.9 Å². The number of likely N-dealkylation sites (tertiary alicyclic amines) is 1. The Kier molecular flexibility index (Phi) is 12.9. The van der Waals surface area contributed by atoms with Crippen LogP contribution in [0.25, 0.3) is 11.1 Å². The van der Waals surface area contributed by atoms with E-state index in [0.29, 0.717) is 6.42 Å². The maximum absolute atomic E-state index is 12.7. The molecule has 7 heteroatoms. The third-order valence-corrected chi connectivity index (χ3v) is 8.22. The van der Waals surface area contributed by atoms with Crippen LogP contribution in [0, 0.1) is 0 Å². The molecule has 43 heavy (non-hydrogen) atoms. The Morgan fingerprint density at radius 2 is 1.53 bits per heavy atom. The Bertz CT molecular complexity index is 1270. The van der Waals surface area contributed by atoms with Gasteiger partial charge >= 0.3 is 6.09 Å². The van der Waals surface area contributed by atoms with Crippen molar-refractivity contribution in [3.05, 3.63) is 84.4 Å². The van der Waals surface area contributed by atoms with Crippen LogP contribution in [-0.4, -0.2) is 66.2 Å². The van der Waals surface area contributed by atoms with Gasteiger partial charge in [-0.2, -0.15) is 0 Å². The number of hydrogen-bond donors (Lipinski definition) is 2. The Balaban J connectivity index is 1.01. The maximum atomic E-state index is 12.7. The number of carbonyl (C=O) groups is 2. The molecule has 2 amide bonds. The Morgan fingerprint density at radius 1 is 0.860 bits per heavy atom. The van der Waals surface area contributed by atoms with Crippen molar-refractivity contribution in [1.82, 2.24) is 9.80 Å². The molecule has 0 radical (unpaired) electrons. The summed E-state index contributed by atoms with van der Waals surface area (Å²) in [7, 11) is 1.86. The highest BCUT2D eigenvalue weighted by atomic mass is 16.6. The molecule has 1 fully saturated rings. The number of para-hydroxylation sites is 1. The molecule has 4 rings (SSSR count). The largest absolute Gasteiger partial charge is 0.508 e. The second-order valence-corrected chi connectivity index (χ2v) is 11.6. The summed E-state index contributed by atoms with van der Waals surface area (Å²) >= 11 is 0. The van der Waals surface area contributed by atoms with Gasteiger partial charge in [-0.1, -0.05) is 92.8 Å². The molecule has 0 unspecified atom stereocenters. The number of rotatable bonds is 15. The van der Waals surface area contributed by atoms with Crippen molar-refractivity contribution in [2.24, 2.45) is 0 Å². The van der Waals surface area contributed by atoms with Gasteiger partial charge in [0.2, 0.25) is 5.91 Å². The second kappa shape index (κ2) is 17.3. The van der Waals surface area contributed by atoms with E-state index in [1.807, 2.05) is 67.7 Å². The summed E-state index contributed by atoms with van der Waals surface area (Å²) < 4.78 is 5.78. The molecule has 1 aliphatic rings. The minimum Gasteiger partial charge on any atom is -0.508 e. The number of benzene rings is 3. The molecule has 3 aromatic rings. The zero-order chi connectivity index (χ0) is 30.3. The van der Waals surface area contributed by atoms with E-state index < -0.39 is 0 Å². The molecule has 0 atom stereocenters. The number of likely N-dealkylation sites (N-methyl/N-ethyl adjacent to an activating group) is 1. The SMILES string of the molecule is CN(CCCCCCCCCN1CCC(OC(=O)Nc2ccccc2-c2ccccc2)CC1)C(=O)Cc1cccc(O)c1. The van der Waals surface area contributed by atoms with E-state index >= 15 is 0 Å². The monoisotopic (exact) mass is 585 g/mol. The highest BCUT2D eigenvalue weighted by Gasteiger charge is 2.22. The zero-order valence-electron chi connectivity index (χ0n) is 25.5. The number of nitrogens with one attached hydrogen (secondary N) is 1. The van der Waals surface area contributed by atoms with Crippen LogP contribution in [0.3, 0.4) is 0 Å². The standard InChI is InChI=1S/C36H47N3O4/c1-38(35(41)28-29-15-14-18-31(40)27-29)23-12-5-3-2-4-6-13-24-39-25-21-32(22-26-39)43-36(42)37-34-20-11-10-19-33(34)30-16-8-7-9-17-30/h7-11,14-20,27,32,40H,2-6,12-13,21-26,28H2,1H3,(H,37,42). The minimum absolute atomic E-state index is 0.0405. The Hall–Kier alpha value is -3.84. The van der Waals surface area contributed by atoms with Crippen LogP contribution >= 0.6 is 0 Å². The van der Waals surface area contributed by atoms with E-state index in [4.69, 9.17) is 4.74 Å². The summed E-state index contributed by atoms with van der Waals surface area (Å²) in [5, 5.41) is 12.5. The summed E-state index contributed by atoms with van der Waals surface area (Å²) in [6, 6.07) is 24.8. The van der Waals surface area contributed by atoms with E-state index in [2.05, 4.69) is 10.2 Å². The van der Waals surface area contributed by atoms with Gasteiger partial charge in [0.05, 0.1) is 12.1 Å². The first-order valence-electron chi connectivity index (χ1n) is 15.8. The van der Waals surface area contributed by atoms with E-state index in [1.165, 1.54) is 32.1 Å². The van der Waals surface area contributed by atoms with Crippen molar-refractivity contribution in [2.75, 3.05) is 38.5 Å². The molecule has 3 aromatic carbocycles. The highest BCUT2D eigenvalue weighted by molar-refractivity contribution is 5.91. The number of ether oxygens (including phenoxy) is 1. The van der Waals surface area contributed by atoms with Crippen LogP contribution < -0.4 is 5.32 Å². The van der Waals surface area contributed by atoms with E-state index in [-0.39, 0.29) is 23.9 Å². The molecular formula is C36H47N3O4. The number of phenols is 1. The Labute approximate surface area is 256 Å². The molecule has 0 spiro atoms. The molecule has 1 heterocycles. The van der Waals surface area contributed by atoms with E-state index in [1.54, 1.807) is 23.1 Å². The highest BCUT2D eigenvalue weighted by Crippen LogP contribution is 2.28. The fourth-order valence-electron chi connectivity index (χ4n) is 5.67. The molecule has 0 bridgehead atoms. The lowest BCUT2D eigenvalue weighted by molar-refractivity contribution is -0.129. The molecule has 2 N–H and O–H groups in total. The molecule has 0 saturated carbocycles. The molecular weight excluding hydrogens is 538 g/mol. The lowest BCUT2D eigenvalue weighted by atomic mass is 10.0. The number of phenolic OH excluding ortho intramolecular Hbond substituents is 1. The molecule has 7 nitrogen and oxygen atoms in total.